The topological polar surface area (TPSA) is 55.3 Å². The number of ether oxygens (including phenoxy) is 1. The Morgan fingerprint density at radius 2 is 2.00 bits per heavy atom. The fraction of sp³-hybridized carbons (Fsp3) is 0.154. The van der Waals surface area contributed by atoms with E-state index in [-0.39, 0.29) is 6.09 Å². The molecule has 1 aliphatic rings. The van der Waals surface area contributed by atoms with Crippen molar-refractivity contribution < 1.29 is 9.53 Å². The summed E-state index contributed by atoms with van der Waals surface area (Å²) in [6.07, 6.45) is 4.71. The lowest BCUT2D eigenvalue weighted by molar-refractivity contribution is 0.181. The van der Waals surface area contributed by atoms with Crippen LogP contribution in [0, 0.1) is 0 Å². The van der Waals surface area contributed by atoms with Crippen LogP contribution in [0.4, 0.5) is 10.5 Å². The third-order valence-corrected chi connectivity index (χ3v) is 2.80. The number of carbonyl (C=O) groups is 1. The van der Waals surface area contributed by atoms with Crippen molar-refractivity contribution in [3.8, 4) is 11.3 Å². The van der Waals surface area contributed by atoms with Crippen molar-refractivity contribution in [1.29, 1.82) is 0 Å². The lowest BCUT2D eigenvalue weighted by Crippen LogP contribution is -2.23. The Morgan fingerprint density at radius 3 is 2.61 bits per heavy atom. The van der Waals surface area contributed by atoms with E-state index in [9.17, 15) is 4.79 Å². The molecule has 1 saturated heterocycles. The lowest BCUT2D eigenvalue weighted by Gasteiger charge is -2.12. The zero-order chi connectivity index (χ0) is 12.4. The predicted molar refractivity (Wildman–Crippen MR) is 66.2 cm³/mol. The molecule has 0 radical (unpaired) electrons. The third kappa shape index (κ3) is 1.90. The van der Waals surface area contributed by atoms with Crippen molar-refractivity contribution >= 4 is 11.8 Å². The molecule has 5 nitrogen and oxygen atoms in total. The van der Waals surface area contributed by atoms with Gasteiger partial charge in [0.25, 0.3) is 0 Å². The van der Waals surface area contributed by atoms with Gasteiger partial charge >= 0.3 is 6.09 Å². The highest BCUT2D eigenvalue weighted by Gasteiger charge is 2.23. The molecule has 0 spiro atoms. The maximum Gasteiger partial charge on any atom is 0.414 e. The van der Waals surface area contributed by atoms with E-state index in [2.05, 4.69) is 9.97 Å². The van der Waals surface area contributed by atoms with Gasteiger partial charge in [0.2, 0.25) is 0 Å². The molecule has 3 rings (SSSR count). The highest BCUT2D eigenvalue weighted by Crippen LogP contribution is 2.23. The predicted octanol–water partition coefficient (Wildman–Crippen LogP) is 2.10. The number of carbonyl (C=O) groups excluding carboxylic acids is 1. The van der Waals surface area contributed by atoms with Crippen molar-refractivity contribution in [2.45, 2.75) is 0 Å². The van der Waals surface area contributed by atoms with Gasteiger partial charge in [-0.1, -0.05) is 12.1 Å². The minimum atomic E-state index is -0.290. The summed E-state index contributed by atoms with van der Waals surface area (Å²) in [5.41, 5.74) is 2.62. The first-order chi connectivity index (χ1) is 8.84. The van der Waals surface area contributed by atoms with E-state index in [1.165, 1.54) is 0 Å². The molecule has 1 aromatic heterocycles. The van der Waals surface area contributed by atoms with Gasteiger partial charge in [-0.05, 0) is 12.1 Å². The molecule has 2 heterocycles. The number of hydrogen-bond acceptors (Lipinski definition) is 4. The zero-order valence-corrected chi connectivity index (χ0v) is 9.61. The summed E-state index contributed by atoms with van der Waals surface area (Å²) in [7, 11) is 0. The molecular weight excluding hydrogens is 230 g/mol. The molecule has 90 valence electrons. The number of anilines is 1. The lowest BCUT2D eigenvalue weighted by atomic mass is 10.1. The van der Waals surface area contributed by atoms with E-state index in [1.807, 2.05) is 24.3 Å². The molecule has 0 atom stereocenters. The van der Waals surface area contributed by atoms with E-state index in [4.69, 9.17) is 4.74 Å². The molecule has 2 aromatic rings. The molecular formula is C13H11N3O2. The number of amides is 1. The maximum absolute atomic E-state index is 11.4. The second-order valence-electron chi connectivity index (χ2n) is 3.90. The molecule has 0 saturated carbocycles. The fourth-order valence-electron chi connectivity index (χ4n) is 1.89. The average Bonchev–Trinajstić information content (AvgIpc) is 2.86. The first-order valence-electron chi connectivity index (χ1n) is 5.65. The van der Waals surface area contributed by atoms with Crippen molar-refractivity contribution in [3.63, 3.8) is 0 Å². The van der Waals surface area contributed by atoms with Gasteiger partial charge in [0.15, 0.2) is 0 Å². The molecule has 0 aliphatic carbocycles. The van der Waals surface area contributed by atoms with Crippen LogP contribution in [0.2, 0.25) is 0 Å². The Balaban J connectivity index is 1.87. The molecule has 1 aromatic carbocycles. The summed E-state index contributed by atoms with van der Waals surface area (Å²) in [5.74, 6) is 0. The van der Waals surface area contributed by atoms with Gasteiger partial charge in [-0.3, -0.25) is 14.9 Å². The summed E-state index contributed by atoms with van der Waals surface area (Å²) in [6, 6.07) is 7.61. The molecule has 0 bridgehead atoms. The van der Waals surface area contributed by atoms with Crippen LogP contribution in [0.15, 0.2) is 42.9 Å². The number of cyclic esters (lactones) is 1. The molecule has 0 N–H and O–H groups in total. The smallest absolute Gasteiger partial charge is 0.414 e. The van der Waals surface area contributed by atoms with Gasteiger partial charge in [-0.25, -0.2) is 4.79 Å². The van der Waals surface area contributed by atoms with Crippen LogP contribution in [0.5, 0.6) is 0 Å². The molecule has 1 amide bonds. The van der Waals surface area contributed by atoms with E-state index in [1.54, 1.807) is 23.5 Å². The molecule has 1 aliphatic heterocycles. The van der Waals surface area contributed by atoms with Crippen LogP contribution in [-0.2, 0) is 4.74 Å². The molecule has 5 heteroatoms. The Hall–Kier alpha value is -2.43. The molecule has 0 unspecified atom stereocenters. The quantitative estimate of drug-likeness (QED) is 0.808. The fourth-order valence-corrected chi connectivity index (χ4v) is 1.89. The molecule has 18 heavy (non-hydrogen) atoms. The SMILES string of the molecule is O=C1OCCN1c1ccc(-c2cnccn2)cc1. The largest absolute Gasteiger partial charge is 0.447 e. The summed E-state index contributed by atoms with van der Waals surface area (Å²) >= 11 is 0. The van der Waals surface area contributed by atoms with Gasteiger partial charge in [-0.15, -0.1) is 0 Å². The minimum absolute atomic E-state index is 0.290. The van der Waals surface area contributed by atoms with E-state index in [0.717, 1.165) is 16.9 Å². The van der Waals surface area contributed by atoms with Crippen LogP contribution >= 0.6 is 0 Å². The first kappa shape index (κ1) is 10.7. The number of rotatable bonds is 2. The van der Waals surface area contributed by atoms with Crippen molar-refractivity contribution in [1.82, 2.24) is 9.97 Å². The Bertz CT molecular complexity index is 554. The van der Waals surface area contributed by atoms with Crippen LogP contribution < -0.4 is 4.90 Å². The van der Waals surface area contributed by atoms with Crippen LogP contribution in [0.1, 0.15) is 0 Å². The van der Waals surface area contributed by atoms with Crippen LogP contribution in [0.3, 0.4) is 0 Å². The van der Waals surface area contributed by atoms with Gasteiger partial charge in [-0.2, -0.15) is 0 Å². The second kappa shape index (κ2) is 4.44. The first-order valence-corrected chi connectivity index (χ1v) is 5.65. The monoisotopic (exact) mass is 241 g/mol. The van der Waals surface area contributed by atoms with Gasteiger partial charge in [0, 0.05) is 23.6 Å². The van der Waals surface area contributed by atoms with Gasteiger partial charge in [0.05, 0.1) is 18.4 Å². The average molecular weight is 241 g/mol. The van der Waals surface area contributed by atoms with E-state index < -0.39 is 0 Å². The zero-order valence-electron chi connectivity index (χ0n) is 9.61. The van der Waals surface area contributed by atoms with Crippen molar-refractivity contribution in [2.75, 3.05) is 18.1 Å². The standard InChI is InChI=1S/C13H11N3O2/c17-13-16(7-8-18-13)11-3-1-10(2-4-11)12-9-14-5-6-15-12/h1-6,9H,7-8H2. The molecule has 1 fully saturated rings. The highest BCUT2D eigenvalue weighted by atomic mass is 16.6. The summed E-state index contributed by atoms with van der Waals surface area (Å²) < 4.78 is 4.90. The van der Waals surface area contributed by atoms with E-state index >= 15 is 0 Å². The Morgan fingerprint density at radius 1 is 1.17 bits per heavy atom. The third-order valence-electron chi connectivity index (χ3n) is 2.80. The van der Waals surface area contributed by atoms with E-state index in [0.29, 0.717) is 13.2 Å². The minimum Gasteiger partial charge on any atom is -0.447 e. The van der Waals surface area contributed by atoms with Crippen molar-refractivity contribution in [2.24, 2.45) is 0 Å². The van der Waals surface area contributed by atoms with Gasteiger partial charge in [0.1, 0.15) is 6.61 Å². The Kier molecular flexibility index (Phi) is 2.64. The summed E-state index contributed by atoms with van der Waals surface area (Å²) in [4.78, 5) is 21.3. The normalized spacial score (nSPS) is 14.7. The number of hydrogen-bond donors (Lipinski definition) is 0. The Labute approximate surface area is 104 Å². The van der Waals surface area contributed by atoms with Crippen LogP contribution in [0.25, 0.3) is 11.3 Å². The number of benzene rings is 1. The number of aromatic nitrogens is 2. The van der Waals surface area contributed by atoms with Gasteiger partial charge < -0.3 is 4.74 Å². The summed E-state index contributed by atoms with van der Waals surface area (Å²) in [6.45, 7) is 1.05. The maximum atomic E-state index is 11.4. The van der Waals surface area contributed by atoms with Crippen molar-refractivity contribution in [3.05, 3.63) is 42.9 Å². The van der Waals surface area contributed by atoms with Crippen LogP contribution in [-0.4, -0.2) is 29.2 Å². The summed E-state index contributed by atoms with van der Waals surface area (Å²) in [5, 5.41) is 0. The number of nitrogens with zero attached hydrogens (tertiary/aromatic N) is 3. The second-order valence-corrected chi connectivity index (χ2v) is 3.90. The highest BCUT2D eigenvalue weighted by molar-refractivity contribution is 5.89.